The number of amides is 1. The molecule has 3 aromatic rings. The smallest absolute Gasteiger partial charge is 0.257 e. The third-order valence-corrected chi connectivity index (χ3v) is 4.87. The van der Waals surface area contributed by atoms with Gasteiger partial charge in [0.2, 0.25) is 5.75 Å². The number of methoxy groups -OCH3 is 3. The second kappa shape index (κ2) is 9.29. The first-order valence-corrected chi connectivity index (χ1v) is 9.78. The van der Waals surface area contributed by atoms with E-state index in [1.807, 2.05) is 36.6 Å². The molecule has 0 unspecified atom stereocenters. The van der Waals surface area contributed by atoms with Gasteiger partial charge in [-0.3, -0.25) is 10.1 Å². The molecule has 0 saturated heterocycles. The molecular formula is C21H22N2O5S. The molecule has 0 aliphatic rings. The van der Waals surface area contributed by atoms with Gasteiger partial charge in [-0.05, 0) is 31.2 Å². The molecule has 1 N–H and O–H groups in total. The van der Waals surface area contributed by atoms with Gasteiger partial charge in [0.05, 0.1) is 33.6 Å². The first-order valence-electron chi connectivity index (χ1n) is 8.90. The fourth-order valence-corrected chi connectivity index (χ4v) is 3.50. The Morgan fingerprint density at radius 3 is 2.34 bits per heavy atom. The van der Waals surface area contributed by atoms with Gasteiger partial charge in [-0.25, -0.2) is 4.98 Å². The fraction of sp³-hybridized carbons (Fsp3) is 0.238. The fourth-order valence-electron chi connectivity index (χ4n) is 2.80. The van der Waals surface area contributed by atoms with Crippen LogP contribution in [0.15, 0.2) is 41.8 Å². The van der Waals surface area contributed by atoms with E-state index in [1.54, 1.807) is 12.1 Å². The van der Waals surface area contributed by atoms with E-state index in [1.165, 1.54) is 32.7 Å². The zero-order valence-corrected chi connectivity index (χ0v) is 17.5. The second-order valence-corrected chi connectivity index (χ2v) is 6.69. The maximum atomic E-state index is 12.7. The average molecular weight is 414 g/mol. The normalized spacial score (nSPS) is 10.3. The van der Waals surface area contributed by atoms with Crippen LogP contribution in [-0.4, -0.2) is 38.8 Å². The summed E-state index contributed by atoms with van der Waals surface area (Å²) in [6.07, 6.45) is 0. The van der Waals surface area contributed by atoms with Crippen molar-refractivity contribution in [3.8, 4) is 34.3 Å². The minimum Gasteiger partial charge on any atom is -0.493 e. The van der Waals surface area contributed by atoms with Crippen LogP contribution in [0.1, 0.15) is 17.3 Å². The van der Waals surface area contributed by atoms with Gasteiger partial charge in [0.25, 0.3) is 5.91 Å². The lowest BCUT2D eigenvalue weighted by molar-refractivity contribution is 0.102. The molecule has 0 fully saturated rings. The number of carbonyl (C=O) groups is 1. The van der Waals surface area contributed by atoms with Gasteiger partial charge < -0.3 is 18.9 Å². The summed E-state index contributed by atoms with van der Waals surface area (Å²) in [5.41, 5.74) is 1.98. The maximum Gasteiger partial charge on any atom is 0.257 e. The summed E-state index contributed by atoms with van der Waals surface area (Å²) in [5, 5.41) is 5.17. The summed E-state index contributed by atoms with van der Waals surface area (Å²) >= 11 is 1.34. The van der Waals surface area contributed by atoms with E-state index >= 15 is 0 Å². The quantitative estimate of drug-likeness (QED) is 0.585. The van der Waals surface area contributed by atoms with Gasteiger partial charge in [0.1, 0.15) is 5.75 Å². The molecule has 152 valence electrons. The lowest BCUT2D eigenvalue weighted by Gasteiger charge is -2.13. The number of nitrogens with one attached hydrogen (secondary N) is 1. The molecule has 7 nitrogen and oxygen atoms in total. The highest BCUT2D eigenvalue weighted by Gasteiger charge is 2.18. The molecule has 1 amide bonds. The van der Waals surface area contributed by atoms with Crippen LogP contribution in [0.4, 0.5) is 5.13 Å². The molecule has 0 aliphatic heterocycles. The number of carbonyl (C=O) groups excluding carboxylic acids is 1. The summed E-state index contributed by atoms with van der Waals surface area (Å²) in [6, 6.07) is 10.8. The SMILES string of the molecule is CCOc1ccccc1-c1csc(NC(=O)c2cc(OC)c(OC)c(OC)c2)n1. The number of benzene rings is 2. The molecule has 1 aromatic heterocycles. The third-order valence-electron chi connectivity index (χ3n) is 4.11. The van der Waals surface area contributed by atoms with Crippen LogP contribution in [0, 0.1) is 0 Å². The summed E-state index contributed by atoms with van der Waals surface area (Å²) in [5.74, 6) is 1.66. The Bertz CT molecular complexity index is 977. The van der Waals surface area contributed by atoms with Crippen molar-refractivity contribution in [1.29, 1.82) is 0 Å². The first kappa shape index (κ1) is 20.5. The highest BCUT2D eigenvalue weighted by Crippen LogP contribution is 2.38. The molecule has 0 aliphatic carbocycles. The largest absolute Gasteiger partial charge is 0.493 e. The lowest BCUT2D eigenvalue weighted by atomic mass is 10.1. The minimum atomic E-state index is -0.330. The first-order chi connectivity index (χ1) is 14.1. The molecule has 1 heterocycles. The van der Waals surface area contributed by atoms with Gasteiger partial charge in [-0.1, -0.05) is 12.1 Å². The van der Waals surface area contributed by atoms with Gasteiger partial charge in [0.15, 0.2) is 16.6 Å². The number of hydrogen-bond donors (Lipinski definition) is 1. The van der Waals surface area contributed by atoms with E-state index in [2.05, 4.69) is 10.3 Å². The predicted octanol–water partition coefficient (Wildman–Crippen LogP) is 4.49. The van der Waals surface area contributed by atoms with E-state index in [9.17, 15) is 4.79 Å². The van der Waals surface area contributed by atoms with E-state index in [4.69, 9.17) is 18.9 Å². The van der Waals surface area contributed by atoms with Crippen molar-refractivity contribution in [3.05, 3.63) is 47.3 Å². The maximum absolute atomic E-state index is 12.7. The number of anilines is 1. The lowest BCUT2D eigenvalue weighted by Crippen LogP contribution is -2.12. The zero-order chi connectivity index (χ0) is 20.8. The summed E-state index contributed by atoms with van der Waals surface area (Å²) in [7, 11) is 4.51. The molecule has 0 atom stereocenters. The number of thiazole rings is 1. The molecule has 0 spiro atoms. The van der Waals surface area contributed by atoms with Crippen LogP contribution >= 0.6 is 11.3 Å². The molecule has 0 radical (unpaired) electrons. The Hall–Kier alpha value is -3.26. The number of ether oxygens (including phenoxy) is 4. The Balaban J connectivity index is 1.84. The van der Waals surface area contributed by atoms with Crippen LogP contribution in [-0.2, 0) is 0 Å². The van der Waals surface area contributed by atoms with Crippen LogP contribution in [0.25, 0.3) is 11.3 Å². The van der Waals surface area contributed by atoms with Crippen LogP contribution in [0.5, 0.6) is 23.0 Å². The summed E-state index contributed by atoms with van der Waals surface area (Å²) < 4.78 is 21.6. The molecular weight excluding hydrogens is 392 g/mol. The standard InChI is InChI=1S/C21H22N2O5S/c1-5-28-16-9-7-6-8-14(16)15-12-29-21(22-15)23-20(24)13-10-17(25-2)19(27-4)18(11-13)26-3/h6-12H,5H2,1-4H3,(H,22,23,24). The Morgan fingerprint density at radius 2 is 1.72 bits per heavy atom. The zero-order valence-electron chi connectivity index (χ0n) is 16.6. The van der Waals surface area contributed by atoms with Crippen LogP contribution < -0.4 is 24.3 Å². The second-order valence-electron chi connectivity index (χ2n) is 5.84. The third kappa shape index (κ3) is 4.43. The van der Waals surface area contributed by atoms with Crippen molar-refractivity contribution in [2.75, 3.05) is 33.3 Å². The molecule has 0 bridgehead atoms. The van der Waals surface area contributed by atoms with E-state index in [0.717, 1.165) is 17.0 Å². The summed E-state index contributed by atoms with van der Waals surface area (Å²) in [6.45, 7) is 2.49. The van der Waals surface area contributed by atoms with Gasteiger partial charge in [-0.15, -0.1) is 11.3 Å². The molecule has 3 rings (SSSR count). The van der Waals surface area contributed by atoms with Crippen molar-refractivity contribution in [1.82, 2.24) is 4.98 Å². The molecule has 2 aromatic carbocycles. The van der Waals surface area contributed by atoms with Crippen molar-refractivity contribution in [2.24, 2.45) is 0 Å². The van der Waals surface area contributed by atoms with Gasteiger partial charge in [0, 0.05) is 16.5 Å². The topological polar surface area (TPSA) is 78.9 Å². The number of hydrogen-bond acceptors (Lipinski definition) is 7. The van der Waals surface area contributed by atoms with Crippen LogP contribution in [0.2, 0.25) is 0 Å². The van der Waals surface area contributed by atoms with Crippen molar-refractivity contribution < 1.29 is 23.7 Å². The van der Waals surface area contributed by atoms with Crippen molar-refractivity contribution in [3.63, 3.8) is 0 Å². The number of rotatable bonds is 8. The highest BCUT2D eigenvalue weighted by molar-refractivity contribution is 7.14. The molecule has 0 saturated carbocycles. The van der Waals surface area contributed by atoms with Crippen molar-refractivity contribution in [2.45, 2.75) is 6.92 Å². The molecule has 8 heteroatoms. The number of aromatic nitrogens is 1. The number of para-hydroxylation sites is 1. The van der Waals surface area contributed by atoms with Crippen molar-refractivity contribution >= 4 is 22.4 Å². The van der Waals surface area contributed by atoms with E-state index in [-0.39, 0.29) is 5.91 Å². The highest BCUT2D eigenvalue weighted by atomic mass is 32.1. The van der Waals surface area contributed by atoms with E-state index in [0.29, 0.717) is 34.6 Å². The predicted molar refractivity (Wildman–Crippen MR) is 113 cm³/mol. The Kier molecular flexibility index (Phi) is 6.56. The summed E-state index contributed by atoms with van der Waals surface area (Å²) in [4.78, 5) is 17.3. The molecule has 29 heavy (non-hydrogen) atoms. The van der Waals surface area contributed by atoms with Crippen LogP contribution in [0.3, 0.4) is 0 Å². The average Bonchev–Trinajstić information content (AvgIpc) is 3.21. The minimum absolute atomic E-state index is 0.330. The Morgan fingerprint density at radius 1 is 1.03 bits per heavy atom. The van der Waals surface area contributed by atoms with Gasteiger partial charge in [-0.2, -0.15) is 0 Å². The van der Waals surface area contributed by atoms with Gasteiger partial charge >= 0.3 is 0 Å². The monoisotopic (exact) mass is 414 g/mol. The Labute approximate surface area is 173 Å². The van der Waals surface area contributed by atoms with E-state index < -0.39 is 0 Å². The number of nitrogens with zero attached hydrogens (tertiary/aromatic N) is 1.